The predicted octanol–water partition coefficient (Wildman–Crippen LogP) is 10.1. The van der Waals surface area contributed by atoms with Crippen LogP contribution in [0.2, 0.25) is 0 Å². The van der Waals surface area contributed by atoms with Crippen LogP contribution in [0.15, 0.2) is 182 Å². The molecule has 0 spiro atoms. The molecule has 0 radical (unpaired) electrons. The molecule has 2 aliphatic heterocycles. The van der Waals surface area contributed by atoms with Crippen LogP contribution in [0, 0.1) is 0 Å². The number of para-hydroxylation sites is 2. The summed E-state index contributed by atoms with van der Waals surface area (Å²) in [4.78, 5) is 59.2. The van der Waals surface area contributed by atoms with Crippen molar-refractivity contribution in [3.63, 3.8) is 0 Å². The van der Waals surface area contributed by atoms with Gasteiger partial charge in [-0.05, 0) is 119 Å². The summed E-state index contributed by atoms with van der Waals surface area (Å²) >= 11 is 2.66. The number of amidine groups is 2. The average Bonchev–Trinajstić information content (AvgIpc) is 3.86. The van der Waals surface area contributed by atoms with Gasteiger partial charge >= 0.3 is 5.69 Å². The molecule has 2 N–H and O–H groups in total. The van der Waals surface area contributed by atoms with Gasteiger partial charge in [-0.2, -0.15) is 0 Å². The lowest BCUT2D eigenvalue weighted by molar-refractivity contribution is -0.114. The second-order valence-corrected chi connectivity index (χ2v) is 14.9. The Bertz CT molecular complexity index is 2790. The molecule has 9 nitrogen and oxygen atoms in total. The molecular weight excluding hydrogens is 737 g/mol. The highest BCUT2D eigenvalue weighted by atomic mass is 32.2. The molecular formula is C45H30N6O3S2. The minimum atomic E-state index is -0.282. The number of rotatable bonds is 7. The SMILES string of the molecule is O=C1/C(=C/c2ccccc2)SC(=Nc2ccc(-c3ccc(N4C(=O)/C(=C/c5ccc6[nH]c(=O)[nH]c6c5)SC4=Nc4ccccc4)cc3)cc2)N1c1ccccc1. The summed E-state index contributed by atoms with van der Waals surface area (Å²) in [6.45, 7) is 0. The first kappa shape index (κ1) is 34.8. The number of benzene rings is 6. The number of carbonyl (C=O) groups excluding carboxylic acids is 2. The average molecular weight is 767 g/mol. The predicted molar refractivity (Wildman–Crippen MR) is 230 cm³/mol. The van der Waals surface area contributed by atoms with Crippen molar-refractivity contribution in [3.8, 4) is 11.1 Å². The normalized spacial score (nSPS) is 17.4. The Hall–Kier alpha value is -6.95. The highest BCUT2D eigenvalue weighted by Crippen LogP contribution is 2.40. The molecule has 0 unspecified atom stereocenters. The van der Waals surface area contributed by atoms with Gasteiger partial charge < -0.3 is 9.97 Å². The molecule has 0 aliphatic carbocycles. The van der Waals surface area contributed by atoms with Crippen LogP contribution in [-0.2, 0) is 9.59 Å². The zero-order valence-electron chi connectivity index (χ0n) is 29.5. The van der Waals surface area contributed by atoms with Crippen LogP contribution >= 0.6 is 23.5 Å². The Morgan fingerprint density at radius 2 is 0.946 bits per heavy atom. The lowest BCUT2D eigenvalue weighted by Gasteiger charge is -2.16. The van der Waals surface area contributed by atoms with Crippen LogP contribution in [0.4, 0.5) is 22.7 Å². The van der Waals surface area contributed by atoms with E-state index in [4.69, 9.17) is 9.98 Å². The summed E-state index contributed by atoms with van der Waals surface area (Å²) in [6.07, 6.45) is 3.71. The maximum Gasteiger partial charge on any atom is 0.323 e. The number of hydrogen-bond donors (Lipinski definition) is 2. The maximum absolute atomic E-state index is 14.0. The van der Waals surface area contributed by atoms with Crippen molar-refractivity contribution in [3.05, 3.63) is 189 Å². The van der Waals surface area contributed by atoms with E-state index in [9.17, 15) is 14.4 Å². The molecule has 0 bridgehead atoms. The number of amides is 2. The largest absolute Gasteiger partial charge is 0.323 e. The molecule has 1 aromatic heterocycles. The quantitative estimate of drug-likeness (QED) is 0.157. The third-order valence-corrected chi connectivity index (χ3v) is 11.0. The molecule has 2 amide bonds. The van der Waals surface area contributed by atoms with Crippen molar-refractivity contribution in [1.82, 2.24) is 9.97 Å². The Balaban J connectivity index is 0.987. The van der Waals surface area contributed by atoms with E-state index in [-0.39, 0.29) is 17.5 Å². The van der Waals surface area contributed by atoms with E-state index in [2.05, 4.69) is 9.97 Å². The topological polar surface area (TPSA) is 114 Å². The van der Waals surface area contributed by atoms with Crippen LogP contribution in [0.5, 0.6) is 0 Å². The highest BCUT2D eigenvalue weighted by molar-refractivity contribution is 8.19. The third kappa shape index (κ3) is 7.16. The molecule has 56 heavy (non-hydrogen) atoms. The van der Waals surface area contributed by atoms with E-state index in [1.807, 2.05) is 170 Å². The smallest absolute Gasteiger partial charge is 0.306 e. The third-order valence-electron chi connectivity index (χ3n) is 9.09. The van der Waals surface area contributed by atoms with Gasteiger partial charge in [0.2, 0.25) is 0 Å². The standard InChI is InChI=1S/C45H30N6O3S2/c52-41-39(27-29-10-4-1-5-11-29)55-45(50(41)35-14-8-3-9-15-35)47-34-21-17-31(18-22-34)32-19-23-36(24-20-32)51-42(53)40(56-44(51)46-33-12-6-2-7-13-33)28-30-16-25-37-38(26-30)49-43(54)48-37/h1-28H,(H2,48,49,54)/b39-27-,40-28-,46-44?,47-45?. The molecule has 270 valence electrons. The van der Waals surface area contributed by atoms with Gasteiger partial charge in [0.05, 0.1) is 43.6 Å². The molecule has 7 aromatic rings. The van der Waals surface area contributed by atoms with Gasteiger partial charge in [0, 0.05) is 0 Å². The number of nitrogens with one attached hydrogen (secondary N) is 2. The van der Waals surface area contributed by atoms with Gasteiger partial charge in [0.25, 0.3) is 11.8 Å². The number of aromatic nitrogens is 2. The van der Waals surface area contributed by atoms with Gasteiger partial charge in [-0.25, -0.2) is 14.8 Å². The summed E-state index contributed by atoms with van der Waals surface area (Å²) in [7, 11) is 0. The number of carbonyl (C=O) groups is 2. The first-order valence-electron chi connectivity index (χ1n) is 17.7. The fourth-order valence-electron chi connectivity index (χ4n) is 6.38. The fourth-order valence-corrected chi connectivity index (χ4v) is 8.38. The minimum absolute atomic E-state index is 0.120. The van der Waals surface area contributed by atoms with E-state index in [1.165, 1.54) is 23.5 Å². The van der Waals surface area contributed by atoms with Gasteiger partial charge in [0.1, 0.15) is 0 Å². The molecule has 6 aromatic carbocycles. The molecule has 3 heterocycles. The number of nitrogens with zero attached hydrogens (tertiary/aromatic N) is 4. The Labute approximate surface area is 329 Å². The van der Waals surface area contributed by atoms with Crippen molar-refractivity contribution in [2.75, 3.05) is 9.80 Å². The second kappa shape index (κ2) is 15.1. The summed E-state index contributed by atoms with van der Waals surface area (Å²) < 4.78 is 0. The highest BCUT2D eigenvalue weighted by Gasteiger charge is 2.36. The van der Waals surface area contributed by atoms with Gasteiger partial charge in [-0.1, -0.05) is 97.1 Å². The molecule has 2 fully saturated rings. The Kier molecular flexibility index (Phi) is 9.36. The van der Waals surface area contributed by atoms with Crippen LogP contribution < -0.4 is 15.5 Å². The van der Waals surface area contributed by atoms with E-state index in [0.717, 1.165) is 33.6 Å². The summed E-state index contributed by atoms with van der Waals surface area (Å²) in [6, 6.07) is 50.1. The van der Waals surface area contributed by atoms with Gasteiger partial charge in [0.15, 0.2) is 10.3 Å². The first-order chi connectivity index (χ1) is 27.4. The number of imidazole rings is 1. The number of aromatic amines is 2. The van der Waals surface area contributed by atoms with Crippen molar-refractivity contribution < 1.29 is 9.59 Å². The molecule has 11 heteroatoms. The Morgan fingerprint density at radius 3 is 1.55 bits per heavy atom. The van der Waals surface area contributed by atoms with Crippen LogP contribution in [0.3, 0.4) is 0 Å². The second-order valence-electron chi connectivity index (χ2n) is 12.9. The summed E-state index contributed by atoms with van der Waals surface area (Å²) in [5.41, 5.74) is 7.62. The zero-order chi connectivity index (χ0) is 38.0. The minimum Gasteiger partial charge on any atom is -0.306 e. The molecule has 0 atom stereocenters. The molecule has 0 saturated carbocycles. The maximum atomic E-state index is 14.0. The van der Waals surface area contributed by atoms with Crippen LogP contribution in [-0.4, -0.2) is 32.1 Å². The van der Waals surface area contributed by atoms with Crippen molar-refractivity contribution in [2.24, 2.45) is 9.98 Å². The van der Waals surface area contributed by atoms with Gasteiger partial charge in [-0.15, -0.1) is 0 Å². The fraction of sp³-hybridized carbons (Fsp3) is 0. The number of aliphatic imine (C=N–C) groups is 2. The monoisotopic (exact) mass is 766 g/mol. The number of fused-ring (bicyclic) bond motifs is 1. The summed E-state index contributed by atoms with van der Waals surface area (Å²) in [5.74, 6) is -0.316. The Morgan fingerprint density at radius 1 is 0.464 bits per heavy atom. The first-order valence-corrected chi connectivity index (χ1v) is 19.3. The van der Waals surface area contributed by atoms with E-state index in [0.29, 0.717) is 42.6 Å². The van der Waals surface area contributed by atoms with Crippen molar-refractivity contribution in [2.45, 2.75) is 0 Å². The number of H-pyrrole nitrogens is 2. The van der Waals surface area contributed by atoms with E-state index in [1.54, 1.807) is 9.80 Å². The van der Waals surface area contributed by atoms with Crippen molar-refractivity contribution in [1.29, 1.82) is 0 Å². The van der Waals surface area contributed by atoms with Gasteiger partial charge in [-0.3, -0.25) is 19.4 Å². The number of thioether (sulfide) groups is 2. The van der Waals surface area contributed by atoms with Crippen molar-refractivity contribution >= 4 is 91.6 Å². The molecule has 2 saturated heterocycles. The summed E-state index contributed by atoms with van der Waals surface area (Å²) in [5, 5.41) is 1.12. The van der Waals surface area contributed by atoms with Crippen LogP contribution in [0.1, 0.15) is 11.1 Å². The molecule has 2 aliphatic rings. The molecule has 9 rings (SSSR count). The number of hydrogen-bond acceptors (Lipinski definition) is 7. The number of anilines is 2. The lowest BCUT2D eigenvalue weighted by Crippen LogP contribution is -2.28. The van der Waals surface area contributed by atoms with Crippen LogP contribution in [0.25, 0.3) is 34.3 Å². The van der Waals surface area contributed by atoms with E-state index < -0.39 is 0 Å². The zero-order valence-corrected chi connectivity index (χ0v) is 31.1. The lowest BCUT2D eigenvalue weighted by atomic mass is 10.0. The van der Waals surface area contributed by atoms with E-state index >= 15 is 0 Å².